The second-order valence-corrected chi connectivity index (χ2v) is 5.54. The van der Waals surface area contributed by atoms with Crippen LogP contribution < -0.4 is 5.73 Å². The topological polar surface area (TPSA) is 26.0 Å². The summed E-state index contributed by atoms with van der Waals surface area (Å²) in [4.78, 5) is 0. The lowest BCUT2D eigenvalue weighted by Crippen LogP contribution is -2.23. The number of hydrogen-bond donors (Lipinski definition) is 1. The van der Waals surface area contributed by atoms with Crippen LogP contribution in [0.2, 0.25) is 0 Å². The van der Waals surface area contributed by atoms with Crippen LogP contribution in [0.3, 0.4) is 0 Å². The maximum Gasteiger partial charge on any atom is 0.00763 e. The van der Waals surface area contributed by atoms with Crippen molar-refractivity contribution >= 4 is 6.08 Å². The minimum atomic E-state index is 0.393. The van der Waals surface area contributed by atoms with Crippen LogP contribution in [-0.2, 0) is 12.8 Å². The van der Waals surface area contributed by atoms with E-state index in [1.54, 1.807) is 16.7 Å². The molecule has 0 aliphatic heterocycles. The third kappa shape index (κ3) is 2.44. The quantitative estimate of drug-likeness (QED) is 0.781. The summed E-state index contributed by atoms with van der Waals surface area (Å²) in [7, 11) is 0. The minimum absolute atomic E-state index is 0.393. The Morgan fingerprint density at radius 3 is 2.82 bits per heavy atom. The summed E-state index contributed by atoms with van der Waals surface area (Å²) in [6.07, 6.45) is 11.0. The maximum absolute atomic E-state index is 6.03. The van der Waals surface area contributed by atoms with E-state index >= 15 is 0 Å². The fourth-order valence-corrected chi connectivity index (χ4v) is 3.18. The summed E-state index contributed by atoms with van der Waals surface area (Å²) in [5.41, 5.74) is 12.1. The Kier molecular flexibility index (Phi) is 3.02. The Labute approximate surface area is 104 Å². The number of nitrogens with two attached hydrogens (primary N) is 1. The lowest BCUT2D eigenvalue weighted by Gasteiger charge is -2.20. The Balaban J connectivity index is 1.82. The van der Waals surface area contributed by atoms with Gasteiger partial charge in [0.15, 0.2) is 0 Å². The van der Waals surface area contributed by atoms with Gasteiger partial charge in [0, 0.05) is 6.04 Å². The first-order chi connectivity index (χ1) is 8.31. The monoisotopic (exact) mass is 227 g/mol. The molecule has 1 fully saturated rings. The van der Waals surface area contributed by atoms with Crippen molar-refractivity contribution in [3.8, 4) is 0 Å². The van der Waals surface area contributed by atoms with Gasteiger partial charge in [-0.3, -0.25) is 0 Å². The lowest BCUT2D eigenvalue weighted by atomic mass is 9.90. The summed E-state index contributed by atoms with van der Waals surface area (Å²) < 4.78 is 0. The maximum atomic E-state index is 6.03. The summed E-state index contributed by atoms with van der Waals surface area (Å²) >= 11 is 0. The molecule has 0 bridgehead atoms. The van der Waals surface area contributed by atoms with Crippen LogP contribution in [0.4, 0.5) is 0 Å². The Bertz CT molecular complexity index is 445. The van der Waals surface area contributed by atoms with Gasteiger partial charge in [-0.25, -0.2) is 0 Å². The van der Waals surface area contributed by atoms with E-state index in [4.69, 9.17) is 5.73 Å². The van der Waals surface area contributed by atoms with Gasteiger partial charge in [-0.05, 0) is 61.6 Å². The van der Waals surface area contributed by atoms with Crippen LogP contribution >= 0.6 is 0 Å². The summed E-state index contributed by atoms with van der Waals surface area (Å²) in [5.74, 6) is 0. The molecule has 1 aromatic carbocycles. The number of benzene rings is 1. The summed E-state index contributed by atoms with van der Waals surface area (Å²) in [6.45, 7) is 0. The van der Waals surface area contributed by atoms with Crippen molar-refractivity contribution in [3.05, 3.63) is 40.5 Å². The van der Waals surface area contributed by atoms with E-state index in [0.29, 0.717) is 6.04 Å². The molecule has 1 saturated carbocycles. The normalized spacial score (nSPS) is 26.2. The van der Waals surface area contributed by atoms with E-state index in [9.17, 15) is 0 Å². The van der Waals surface area contributed by atoms with E-state index in [1.807, 2.05) is 0 Å². The highest BCUT2D eigenvalue weighted by molar-refractivity contribution is 5.56. The average Bonchev–Trinajstić information content (AvgIpc) is 2.76. The van der Waals surface area contributed by atoms with Gasteiger partial charge in [-0.15, -0.1) is 0 Å². The van der Waals surface area contributed by atoms with E-state index in [-0.39, 0.29) is 0 Å². The molecule has 0 heterocycles. The number of hydrogen-bond acceptors (Lipinski definition) is 1. The summed E-state index contributed by atoms with van der Waals surface area (Å²) in [5, 5.41) is 0. The second kappa shape index (κ2) is 4.66. The molecular weight excluding hydrogens is 206 g/mol. The highest BCUT2D eigenvalue weighted by Gasteiger charge is 2.14. The average molecular weight is 227 g/mol. The standard InChI is InChI=1S/C16H21N/c17-16-6-1-3-12(11-16)9-13-7-8-14-4-2-5-15(14)10-13/h7-10,16H,1-6,11,17H2. The zero-order valence-electron chi connectivity index (χ0n) is 10.4. The molecule has 0 saturated heterocycles. The van der Waals surface area contributed by atoms with Crippen LogP contribution in [0.5, 0.6) is 0 Å². The predicted octanol–water partition coefficient (Wildman–Crippen LogP) is 3.46. The van der Waals surface area contributed by atoms with E-state index in [2.05, 4.69) is 24.3 Å². The van der Waals surface area contributed by atoms with Gasteiger partial charge in [0.1, 0.15) is 0 Å². The van der Waals surface area contributed by atoms with Gasteiger partial charge in [0.25, 0.3) is 0 Å². The van der Waals surface area contributed by atoms with Gasteiger partial charge in [0.2, 0.25) is 0 Å². The van der Waals surface area contributed by atoms with E-state index in [1.165, 1.54) is 44.1 Å². The SMILES string of the molecule is NC1CCCC(=Cc2ccc3c(c2)CCC3)C1. The van der Waals surface area contributed by atoms with Gasteiger partial charge < -0.3 is 5.73 Å². The molecule has 1 atom stereocenters. The van der Waals surface area contributed by atoms with Crippen molar-refractivity contribution in [1.29, 1.82) is 0 Å². The Morgan fingerprint density at radius 1 is 1.06 bits per heavy atom. The number of rotatable bonds is 1. The third-order valence-corrected chi connectivity index (χ3v) is 4.09. The fourth-order valence-electron chi connectivity index (χ4n) is 3.18. The first kappa shape index (κ1) is 11.0. The Hall–Kier alpha value is -1.08. The lowest BCUT2D eigenvalue weighted by molar-refractivity contribution is 0.520. The van der Waals surface area contributed by atoms with Gasteiger partial charge in [-0.2, -0.15) is 0 Å². The molecule has 1 heteroatoms. The molecular formula is C16H21N. The molecule has 0 radical (unpaired) electrons. The van der Waals surface area contributed by atoms with Gasteiger partial charge in [0.05, 0.1) is 0 Å². The van der Waals surface area contributed by atoms with Gasteiger partial charge in [-0.1, -0.05) is 29.8 Å². The predicted molar refractivity (Wildman–Crippen MR) is 72.9 cm³/mol. The van der Waals surface area contributed by atoms with Crippen LogP contribution in [0.1, 0.15) is 48.8 Å². The van der Waals surface area contributed by atoms with Crippen molar-refractivity contribution in [2.24, 2.45) is 5.73 Å². The molecule has 1 aromatic rings. The molecule has 2 N–H and O–H groups in total. The molecule has 2 aliphatic carbocycles. The molecule has 1 unspecified atom stereocenters. The molecule has 0 spiro atoms. The molecule has 0 aromatic heterocycles. The van der Waals surface area contributed by atoms with Crippen LogP contribution in [0.25, 0.3) is 6.08 Å². The zero-order chi connectivity index (χ0) is 11.7. The zero-order valence-corrected chi connectivity index (χ0v) is 10.4. The summed E-state index contributed by atoms with van der Waals surface area (Å²) in [6, 6.07) is 7.37. The smallest absolute Gasteiger partial charge is 0.00763 e. The highest BCUT2D eigenvalue weighted by Crippen LogP contribution is 2.27. The van der Waals surface area contributed by atoms with Crippen molar-refractivity contribution in [3.63, 3.8) is 0 Å². The van der Waals surface area contributed by atoms with Crippen molar-refractivity contribution in [2.75, 3.05) is 0 Å². The molecule has 90 valence electrons. The molecule has 17 heavy (non-hydrogen) atoms. The number of fused-ring (bicyclic) bond motifs is 1. The minimum Gasteiger partial charge on any atom is -0.327 e. The third-order valence-electron chi connectivity index (χ3n) is 4.09. The molecule has 0 amide bonds. The van der Waals surface area contributed by atoms with Crippen LogP contribution in [-0.4, -0.2) is 6.04 Å². The molecule has 3 rings (SSSR count). The first-order valence-electron chi connectivity index (χ1n) is 6.88. The van der Waals surface area contributed by atoms with E-state index in [0.717, 1.165) is 6.42 Å². The largest absolute Gasteiger partial charge is 0.327 e. The molecule has 1 nitrogen and oxygen atoms in total. The van der Waals surface area contributed by atoms with Crippen LogP contribution in [0, 0.1) is 0 Å². The van der Waals surface area contributed by atoms with Gasteiger partial charge >= 0.3 is 0 Å². The van der Waals surface area contributed by atoms with E-state index < -0.39 is 0 Å². The highest BCUT2D eigenvalue weighted by atomic mass is 14.6. The second-order valence-electron chi connectivity index (χ2n) is 5.54. The molecule has 2 aliphatic rings. The van der Waals surface area contributed by atoms with Crippen LogP contribution in [0.15, 0.2) is 23.8 Å². The van der Waals surface area contributed by atoms with Crippen molar-refractivity contribution < 1.29 is 0 Å². The fraction of sp³-hybridized carbons (Fsp3) is 0.500. The Morgan fingerprint density at radius 2 is 1.94 bits per heavy atom. The first-order valence-corrected chi connectivity index (χ1v) is 6.88. The van der Waals surface area contributed by atoms with Crippen molar-refractivity contribution in [1.82, 2.24) is 0 Å². The number of aryl methyl sites for hydroxylation is 2. The van der Waals surface area contributed by atoms with Crippen molar-refractivity contribution in [2.45, 2.75) is 51.0 Å².